The van der Waals surface area contributed by atoms with Crippen molar-refractivity contribution in [3.63, 3.8) is 0 Å². The molecular formula is C34H43N3O5. The largest absolute Gasteiger partial charge is 0.469 e. The maximum absolute atomic E-state index is 11.0. The minimum Gasteiger partial charge on any atom is -0.469 e. The number of benzene rings is 2. The van der Waals surface area contributed by atoms with E-state index in [-0.39, 0.29) is 12.4 Å². The van der Waals surface area contributed by atoms with Gasteiger partial charge in [0.1, 0.15) is 6.61 Å². The summed E-state index contributed by atoms with van der Waals surface area (Å²) in [5, 5.41) is 4.09. The Morgan fingerprint density at radius 1 is 1.10 bits per heavy atom. The van der Waals surface area contributed by atoms with Crippen LogP contribution in [0, 0.1) is 0 Å². The summed E-state index contributed by atoms with van der Waals surface area (Å²) in [6.07, 6.45) is 9.27. The first-order valence-electron chi connectivity index (χ1n) is 14.1. The molecule has 0 saturated carbocycles. The van der Waals surface area contributed by atoms with Gasteiger partial charge in [0.25, 0.3) is 0 Å². The van der Waals surface area contributed by atoms with Crippen LogP contribution in [0.15, 0.2) is 90.5 Å². The molecule has 0 fully saturated rings. The number of amides is 1. The van der Waals surface area contributed by atoms with Crippen LogP contribution in [0.2, 0.25) is 0 Å². The fourth-order valence-corrected chi connectivity index (χ4v) is 4.15. The zero-order chi connectivity index (χ0) is 30.6. The third-order valence-electron chi connectivity index (χ3n) is 6.14. The molecule has 0 bridgehead atoms. The van der Waals surface area contributed by atoms with Crippen molar-refractivity contribution in [1.82, 2.24) is 5.16 Å². The van der Waals surface area contributed by atoms with Crippen molar-refractivity contribution in [3.8, 4) is 0 Å². The molecule has 0 spiro atoms. The molecule has 8 heteroatoms. The normalized spacial score (nSPS) is 11.7. The van der Waals surface area contributed by atoms with Gasteiger partial charge in [0.15, 0.2) is 5.76 Å². The van der Waals surface area contributed by atoms with E-state index in [1.807, 2.05) is 43.3 Å². The Hall–Kier alpha value is -4.43. The Labute approximate surface area is 249 Å². The maximum atomic E-state index is 11.0. The molecule has 2 N–H and O–H groups in total. The quantitative estimate of drug-likeness (QED) is 0.109. The SMILES string of the molecule is C=C1CN(CCCCCc2cc(COCCC(=O)OC)on2)c2ccccc21.C=CC.NC(=O)/C=C/c1ccccc1. The van der Waals surface area contributed by atoms with E-state index >= 15 is 0 Å². The molecule has 4 rings (SSSR count). The summed E-state index contributed by atoms with van der Waals surface area (Å²) in [6.45, 7) is 12.0. The van der Waals surface area contributed by atoms with Crippen molar-refractivity contribution in [2.45, 2.75) is 45.6 Å². The highest BCUT2D eigenvalue weighted by Gasteiger charge is 2.20. The molecule has 1 amide bonds. The van der Waals surface area contributed by atoms with Gasteiger partial charge in [-0.1, -0.05) is 72.8 Å². The number of carbonyl (C=O) groups excluding carboxylic acids is 2. The van der Waals surface area contributed by atoms with Crippen molar-refractivity contribution in [2.75, 3.05) is 31.7 Å². The number of nitrogens with two attached hydrogens (primary N) is 1. The predicted octanol–water partition coefficient (Wildman–Crippen LogP) is 6.38. The van der Waals surface area contributed by atoms with E-state index in [2.05, 4.69) is 52.2 Å². The van der Waals surface area contributed by atoms with Crippen LogP contribution in [0.5, 0.6) is 0 Å². The average molecular weight is 574 g/mol. The molecule has 0 aliphatic carbocycles. The van der Waals surface area contributed by atoms with Crippen LogP contribution in [0.4, 0.5) is 5.69 Å². The molecular weight excluding hydrogens is 530 g/mol. The Bertz CT molecular complexity index is 1280. The smallest absolute Gasteiger partial charge is 0.307 e. The van der Waals surface area contributed by atoms with Gasteiger partial charge in [-0.25, -0.2) is 0 Å². The summed E-state index contributed by atoms with van der Waals surface area (Å²) < 4.78 is 15.2. The Morgan fingerprint density at radius 2 is 1.81 bits per heavy atom. The summed E-state index contributed by atoms with van der Waals surface area (Å²) in [5.74, 6) is -0.0131. The number of nitrogens with zero attached hydrogens (tertiary/aromatic N) is 2. The predicted molar refractivity (Wildman–Crippen MR) is 169 cm³/mol. The first kappa shape index (κ1) is 33.8. The van der Waals surface area contributed by atoms with Gasteiger partial charge >= 0.3 is 5.97 Å². The average Bonchev–Trinajstić information content (AvgIpc) is 3.59. The first-order chi connectivity index (χ1) is 20.4. The van der Waals surface area contributed by atoms with Gasteiger partial charge in [0.2, 0.25) is 5.91 Å². The minimum absolute atomic E-state index is 0.242. The maximum Gasteiger partial charge on any atom is 0.307 e. The number of ether oxygens (including phenoxy) is 2. The number of methoxy groups -OCH3 is 1. The molecule has 2 heterocycles. The molecule has 8 nitrogen and oxygen atoms in total. The monoisotopic (exact) mass is 573 g/mol. The summed E-state index contributed by atoms with van der Waals surface area (Å²) >= 11 is 0. The van der Waals surface area contributed by atoms with Gasteiger partial charge < -0.3 is 24.6 Å². The highest BCUT2D eigenvalue weighted by molar-refractivity contribution is 5.90. The number of hydrogen-bond acceptors (Lipinski definition) is 7. The van der Waals surface area contributed by atoms with Crippen molar-refractivity contribution >= 4 is 29.2 Å². The van der Waals surface area contributed by atoms with Crippen molar-refractivity contribution in [2.24, 2.45) is 5.73 Å². The Balaban J connectivity index is 0.000000365. The molecule has 0 unspecified atom stereocenters. The van der Waals surface area contributed by atoms with Gasteiger partial charge in [-0.2, -0.15) is 0 Å². The highest BCUT2D eigenvalue weighted by atomic mass is 16.5. The van der Waals surface area contributed by atoms with Crippen LogP contribution >= 0.6 is 0 Å². The Kier molecular flexibility index (Phi) is 15.8. The third-order valence-corrected chi connectivity index (χ3v) is 6.14. The van der Waals surface area contributed by atoms with Gasteiger partial charge in [-0.05, 0) is 49.5 Å². The number of unbranched alkanes of at least 4 members (excludes halogenated alkanes) is 2. The molecule has 224 valence electrons. The van der Waals surface area contributed by atoms with E-state index in [0.717, 1.165) is 50.0 Å². The number of anilines is 1. The van der Waals surface area contributed by atoms with Gasteiger partial charge in [0, 0.05) is 36.5 Å². The number of primary amides is 1. The van der Waals surface area contributed by atoms with Gasteiger partial charge in [-0.3, -0.25) is 9.59 Å². The lowest BCUT2D eigenvalue weighted by Crippen LogP contribution is -2.21. The lowest BCUT2D eigenvalue weighted by molar-refractivity contribution is -0.142. The Morgan fingerprint density at radius 3 is 2.52 bits per heavy atom. The van der Waals surface area contributed by atoms with Crippen molar-refractivity contribution in [1.29, 1.82) is 0 Å². The summed E-state index contributed by atoms with van der Waals surface area (Å²) in [6, 6.07) is 20.0. The van der Waals surface area contributed by atoms with Gasteiger partial charge in [0.05, 0.1) is 25.8 Å². The number of allylic oxidation sites excluding steroid dienone is 1. The molecule has 1 aliphatic heterocycles. The number of hydrogen-bond donors (Lipinski definition) is 1. The summed E-state index contributed by atoms with van der Waals surface area (Å²) in [5.41, 5.74) is 10.6. The number of para-hydroxylation sites is 1. The second-order valence-electron chi connectivity index (χ2n) is 9.57. The molecule has 0 saturated heterocycles. The number of aryl methyl sites for hydroxylation is 1. The van der Waals surface area contributed by atoms with E-state index in [4.69, 9.17) is 15.0 Å². The van der Waals surface area contributed by atoms with E-state index in [1.165, 1.54) is 30.0 Å². The van der Waals surface area contributed by atoms with Gasteiger partial charge in [-0.15, -0.1) is 6.58 Å². The van der Waals surface area contributed by atoms with Crippen LogP contribution in [0.25, 0.3) is 11.6 Å². The zero-order valence-electron chi connectivity index (χ0n) is 24.8. The van der Waals surface area contributed by atoms with Crippen LogP contribution in [0.1, 0.15) is 55.2 Å². The zero-order valence-corrected chi connectivity index (χ0v) is 24.8. The minimum atomic E-state index is -0.422. The first-order valence-corrected chi connectivity index (χ1v) is 14.1. The molecule has 42 heavy (non-hydrogen) atoms. The number of carbonyl (C=O) groups is 2. The van der Waals surface area contributed by atoms with Crippen molar-refractivity contribution < 1.29 is 23.6 Å². The van der Waals surface area contributed by atoms with E-state index in [0.29, 0.717) is 19.0 Å². The van der Waals surface area contributed by atoms with Crippen LogP contribution in [-0.2, 0) is 32.1 Å². The molecule has 2 aromatic carbocycles. The van der Waals surface area contributed by atoms with Crippen molar-refractivity contribution in [3.05, 3.63) is 109 Å². The van der Waals surface area contributed by atoms with E-state index in [9.17, 15) is 9.59 Å². The van der Waals surface area contributed by atoms with Crippen LogP contribution in [-0.4, -0.2) is 43.8 Å². The topological polar surface area (TPSA) is 108 Å². The fourth-order valence-electron chi connectivity index (χ4n) is 4.15. The molecule has 3 aromatic rings. The van der Waals surface area contributed by atoms with E-state index < -0.39 is 5.91 Å². The summed E-state index contributed by atoms with van der Waals surface area (Å²) in [7, 11) is 1.37. The molecule has 0 radical (unpaired) electrons. The highest BCUT2D eigenvalue weighted by Crippen LogP contribution is 2.34. The molecule has 1 aromatic heterocycles. The second kappa shape index (κ2) is 19.6. The number of esters is 1. The standard InChI is InChI=1S/C22H28N2O4.C9H9NO.C3H6/c1-17-15-24(21-10-6-5-9-20(17)21)12-7-3-4-8-18-14-19(28-23-18)16-27-13-11-22(25)26-2;10-9(11)7-6-8-4-2-1-3-5-8;1-3-2/h5-6,9-10,14H,1,3-4,7-8,11-13,15-16H2,2H3;1-7H,(H2,10,11);3H,1H2,2H3/b;7-6+;. The summed E-state index contributed by atoms with van der Waals surface area (Å²) in [4.78, 5) is 23.7. The number of fused-ring (bicyclic) bond motifs is 1. The molecule has 0 atom stereocenters. The molecule has 1 aliphatic rings. The number of aromatic nitrogens is 1. The van der Waals surface area contributed by atoms with Crippen LogP contribution in [0.3, 0.4) is 0 Å². The lowest BCUT2D eigenvalue weighted by Gasteiger charge is -2.18. The fraction of sp³-hybridized carbons (Fsp3) is 0.324. The third kappa shape index (κ3) is 12.8. The number of rotatable bonds is 13. The second-order valence-corrected chi connectivity index (χ2v) is 9.57. The van der Waals surface area contributed by atoms with E-state index in [1.54, 1.807) is 12.2 Å². The van der Waals surface area contributed by atoms with Crippen LogP contribution < -0.4 is 10.6 Å². The lowest BCUT2D eigenvalue weighted by atomic mass is 10.1.